The molecule has 0 aliphatic heterocycles. The number of benzene rings is 1. The van der Waals surface area contributed by atoms with Gasteiger partial charge in [0.2, 0.25) is 0 Å². The van der Waals surface area contributed by atoms with Gasteiger partial charge >= 0.3 is 0 Å². The van der Waals surface area contributed by atoms with Gasteiger partial charge in [0.25, 0.3) is 0 Å². The first-order valence-corrected chi connectivity index (χ1v) is 7.90. The molecule has 1 heterocycles. The highest BCUT2D eigenvalue weighted by Gasteiger charge is 2.16. The molecule has 2 N–H and O–H groups in total. The molecule has 0 aliphatic rings. The number of para-hydroxylation sites is 1. The Morgan fingerprint density at radius 3 is 2.72 bits per heavy atom. The zero-order valence-corrected chi connectivity index (χ0v) is 12.2. The van der Waals surface area contributed by atoms with Gasteiger partial charge in [-0.25, -0.2) is 0 Å². The largest absolute Gasteiger partial charge is 0.482 e. The van der Waals surface area contributed by atoms with Gasteiger partial charge in [-0.05, 0) is 42.3 Å². The van der Waals surface area contributed by atoms with Crippen molar-refractivity contribution in [2.75, 3.05) is 12.8 Å². The third kappa shape index (κ3) is 2.88. The van der Waals surface area contributed by atoms with E-state index in [4.69, 9.17) is 10.5 Å². The summed E-state index contributed by atoms with van der Waals surface area (Å²) in [5.74, 6) is 0.910. The molecule has 1 atom stereocenters. The minimum absolute atomic E-state index is 0.0571. The molecule has 0 saturated carbocycles. The molecular formula is C14H17NOS2. The Morgan fingerprint density at radius 1 is 1.33 bits per heavy atom. The molecule has 0 radical (unpaired) electrons. The van der Waals surface area contributed by atoms with Gasteiger partial charge in [-0.1, -0.05) is 12.1 Å². The Bertz CT molecular complexity index is 510. The monoisotopic (exact) mass is 279 g/mol. The molecule has 2 rings (SSSR count). The molecule has 18 heavy (non-hydrogen) atoms. The van der Waals surface area contributed by atoms with E-state index in [1.54, 1.807) is 23.1 Å². The van der Waals surface area contributed by atoms with Crippen LogP contribution in [0.1, 0.15) is 16.5 Å². The lowest BCUT2D eigenvalue weighted by molar-refractivity contribution is 0.212. The van der Waals surface area contributed by atoms with Gasteiger partial charge in [-0.15, -0.1) is 23.1 Å². The summed E-state index contributed by atoms with van der Waals surface area (Å²) in [5.41, 5.74) is 7.09. The van der Waals surface area contributed by atoms with E-state index in [1.807, 2.05) is 18.2 Å². The highest BCUT2D eigenvalue weighted by atomic mass is 32.2. The van der Waals surface area contributed by atoms with E-state index >= 15 is 0 Å². The van der Waals surface area contributed by atoms with Crippen LogP contribution in [0.15, 0.2) is 40.6 Å². The van der Waals surface area contributed by atoms with Gasteiger partial charge in [0.05, 0.1) is 0 Å². The van der Waals surface area contributed by atoms with Crippen molar-refractivity contribution in [2.24, 2.45) is 5.73 Å². The molecular weight excluding hydrogens is 262 g/mol. The summed E-state index contributed by atoms with van der Waals surface area (Å²) in [6.45, 7) is 2.59. The number of rotatable bonds is 5. The van der Waals surface area contributed by atoms with E-state index < -0.39 is 0 Å². The predicted octanol–water partition coefficient (Wildman–Crippen LogP) is 3.86. The Morgan fingerprint density at radius 2 is 2.11 bits per heavy atom. The smallest absolute Gasteiger partial charge is 0.145 e. The molecule has 1 aromatic carbocycles. The van der Waals surface area contributed by atoms with E-state index in [9.17, 15) is 0 Å². The first-order valence-electron chi connectivity index (χ1n) is 5.80. The fourth-order valence-electron chi connectivity index (χ4n) is 1.79. The molecule has 2 nitrogen and oxygen atoms in total. The number of hydrogen-bond acceptors (Lipinski definition) is 4. The van der Waals surface area contributed by atoms with Crippen molar-refractivity contribution < 1.29 is 4.74 Å². The lowest BCUT2D eigenvalue weighted by atomic mass is 10.2. The standard InChI is InChI=1S/C14H17NOS2/c1-10-7-8-18-14(10)12(9-15)16-11-5-3-4-6-13(11)17-2/h3-8,12H,9,15H2,1-2H3. The Kier molecular flexibility index (Phi) is 4.69. The summed E-state index contributed by atoms with van der Waals surface area (Å²) >= 11 is 3.39. The normalized spacial score (nSPS) is 12.4. The fraction of sp³-hybridized carbons (Fsp3) is 0.286. The van der Waals surface area contributed by atoms with Crippen LogP contribution in [0.3, 0.4) is 0 Å². The second-order valence-corrected chi connectivity index (χ2v) is 5.76. The maximum Gasteiger partial charge on any atom is 0.145 e. The lowest BCUT2D eigenvalue weighted by Gasteiger charge is -2.19. The highest BCUT2D eigenvalue weighted by Crippen LogP contribution is 2.33. The van der Waals surface area contributed by atoms with E-state index in [0.717, 1.165) is 10.6 Å². The lowest BCUT2D eigenvalue weighted by Crippen LogP contribution is -2.18. The molecule has 96 valence electrons. The average molecular weight is 279 g/mol. The molecule has 0 fully saturated rings. The third-order valence-electron chi connectivity index (χ3n) is 2.75. The van der Waals surface area contributed by atoms with Crippen LogP contribution in [0.25, 0.3) is 0 Å². The van der Waals surface area contributed by atoms with Crippen molar-refractivity contribution >= 4 is 23.1 Å². The van der Waals surface area contributed by atoms with Gasteiger partial charge in [-0.2, -0.15) is 0 Å². The third-order valence-corrected chi connectivity index (χ3v) is 4.63. The number of ether oxygens (including phenoxy) is 1. The van der Waals surface area contributed by atoms with Crippen LogP contribution in [0, 0.1) is 6.92 Å². The minimum atomic E-state index is -0.0571. The zero-order valence-electron chi connectivity index (χ0n) is 10.6. The summed E-state index contributed by atoms with van der Waals surface area (Å²) in [6, 6.07) is 10.2. The minimum Gasteiger partial charge on any atom is -0.482 e. The summed E-state index contributed by atoms with van der Waals surface area (Å²) in [4.78, 5) is 2.36. The Labute approximate surface area is 116 Å². The summed E-state index contributed by atoms with van der Waals surface area (Å²) in [7, 11) is 0. The summed E-state index contributed by atoms with van der Waals surface area (Å²) in [6.07, 6.45) is 1.99. The quantitative estimate of drug-likeness (QED) is 0.844. The van der Waals surface area contributed by atoms with Crippen molar-refractivity contribution in [3.05, 3.63) is 46.2 Å². The molecule has 0 bridgehead atoms. The number of nitrogens with two attached hydrogens (primary N) is 1. The Hall–Kier alpha value is -0.970. The van der Waals surface area contributed by atoms with Crippen LogP contribution >= 0.6 is 23.1 Å². The van der Waals surface area contributed by atoms with E-state index in [0.29, 0.717) is 6.54 Å². The molecule has 0 aliphatic carbocycles. The van der Waals surface area contributed by atoms with Crippen LogP contribution in [-0.4, -0.2) is 12.8 Å². The second kappa shape index (κ2) is 6.27. The van der Waals surface area contributed by atoms with Gasteiger partial charge in [0.15, 0.2) is 0 Å². The number of hydrogen-bond donors (Lipinski definition) is 1. The van der Waals surface area contributed by atoms with Crippen LogP contribution in [-0.2, 0) is 0 Å². The van der Waals surface area contributed by atoms with Crippen molar-refractivity contribution in [3.8, 4) is 5.75 Å². The van der Waals surface area contributed by atoms with E-state index in [-0.39, 0.29) is 6.10 Å². The van der Waals surface area contributed by atoms with Crippen molar-refractivity contribution in [1.82, 2.24) is 0 Å². The molecule has 0 saturated heterocycles. The zero-order chi connectivity index (χ0) is 13.0. The predicted molar refractivity (Wildman–Crippen MR) is 79.7 cm³/mol. The first-order chi connectivity index (χ1) is 8.76. The number of thiophene rings is 1. The Balaban J connectivity index is 2.23. The molecule has 4 heteroatoms. The van der Waals surface area contributed by atoms with Crippen molar-refractivity contribution in [2.45, 2.75) is 17.9 Å². The van der Waals surface area contributed by atoms with Gasteiger partial charge < -0.3 is 10.5 Å². The number of aryl methyl sites for hydroxylation is 1. The topological polar surface area (TPSA) is 35.2 Å². The van der Waals surface area contributed by atoms with E-state index in [2.05, 4.69) is 30.7 Å². The average Bonchev–Trinajstić information content (AvgIpc) is 2.82. The summed E-state index contributed by atoms with van der Waals surface area (Å²) < 4.78 is 6.08. The second-order valence-electron chi connectivity index (χ2n) is 3.96. The highest BCUT2D eigenvalue weighted by molar-refractivity contribution is 7.98. The summed E-state index contributed by atoms with van der Waals surface area (Å²) in [5, 5.41) is 2.08. The van der Waals surface area contributed by atoms with E-state index in [1.165, 1.54) is 10.4 Å². The fourth-order valence-corrected chi connectivity index (χ4v) is 3.29. The SMILES string of the molecule is CSc1ccccc1OC(CN)c1sccc1C. The molecule has 1 aromatic heterocycles. The van der Waals surface area contributed by atoms with Crippen molar-refractivity contribution in [1.29, 1.82) is 0 Å². The van der Waals surface area contributed by atoms with Crippen LogP contribution in [0.5, 0.6) is 5.75 Å². The van der Waals surface area contributed by atoms with Crippen LogP contribution in [0.2, 0.25) is 0 Å². The molecule has 0 spiro atoms. The van der Waals surface area contributed by atoms with Gasteiger partial charge in [-0.3, -0.25) is 0 Å². The van der Waals surface area contributed by atoms with Crippen molar-refractivity contribution in [3.63, 3.8) is 0 Å². The first kappa shape index (κ1) is 13.5. The maximum atomic E-state index is 6.08. The number of thioether (sulfide) groups is 1. The molecule has 0 amide bonds. The molecule has 2 aromatic rings. The van der Waals surface area contributed by atoms with Gasteiger partial charge in [0.1, 0.15) is 11.9 Å². The van der Waals surface area contributed by atoms with Gasteiger partial charge in [0, 0.05) is 16.3 Å². The maximum absolute atomic E-state index is 6.08. The van der Waals surface area contributed by atoms with Crippen LogP contribution < -0.4 is 10.5 Å². The van der Waals surface area contributed by atoms with Crippen LogP contribution in [0.4, 0.5) is 0 Å². The molecule has 1 unspecified atom stereocenters.